The summed E-state index contributed by atoms with van der Waals surface area (Å²) >= 11 is 0. The van der Waals surface area contributed by atoms with Crippen molar-refractivity contribution in [3.8, 4) is 0 Å². The molecule has 2 aromatic carbocycles. The molecule has 8 heteroatoms. The molecule has 0 aliphatic carbocycles. The van der Waals surface area contributed by atoms with Crippen LogP contribution in [0, 0.1) is 0 Å². The fourth-order valence-corrected chi connectivity index (χ4v) is 3.83. The van der Waals surface area contributed by atoms with E-state index in [1.807, 2.05) is 20.8 Å². The normalized spacial score (nSPS) is 13.5. The molecule has 0 aromatic heterocycles. The molecular formula is C14H16O6S2. The van der Waals surface area contributed by atoms with Crippen LogP contribution in [0.5, 0.6) is 0 Å². The van der Waals surface area contributed by atoms with Crippen molar-refractivity contribution >= 4 is 31.0 Å². The van der Waals surface area contributed by atoms with Crippen LogP contribution in [0.2, 0.25) is 0 Å². The predicted octanol–water partition coefficient (Wildman–Crippen LogP) is 2.63. The molecule has 0 unspecified atom stereocenters. The van der Waals surface area contributed by atoms with Crippen molar-refractivity contribution in [1.82, 2.24) is 0 Å². The maximum absolute atomic E-state index is 11.6. The molecule has 0 saturated carbocycles. The monoisotopic (exact) mass is 344 g/mol. The van der Waals surface area contributed by atoms with Gasteiger partial charge in [0.25, 0.3) is 20.2 Å². The third kappa shape index (κ3) is 3.00. The third-order valence-electron chi connectivity index (χ3n) is 3.33. The van der Waals surface area contributed by atoms with Crippen LogP contribution in [-0.4, -0.2) is 25.9 Å². The molecule has 0 aliphatic rings. The Morgan fingerprint density at radius 2 is 1.36 bits per heavy atom. The summed E-state index contributed by atoms with van der Waals surface area (Å²) in [6.07, 6.45) is 0. The van der Waals surface area contributed by atoms with Gasteiger partial charge in [0.2, 0.25) is 0 Å². The summed E-state index contributed by atoms with van der Waals surface area (Å²) in [5, 5.41) is 0.137. The molecule has 0 radical (unpaired) electrons. The highest BCUT2D eigenvalue weighted by atomic mass is 32.2. The van der Waals surface area contributed by atoms with Crippen LogP contribution in [-0.2, 0) is 25.7 Å². The van der Waals surface area contributed by atoms with E-state index < -0.39 is 30.5 Å². The first-order chi connectivity index (χ1) is 9.83. The molecule has 0 atom stereocenters. The first kappa shape index (κ1) is 16.9. The highest BCUT2D eigenvalue weighted by Gasteiger charge is 2.26. The maximum Gasteiger partial charge on any atom is 0.295 e. The summed E-state index contributed by atoms with van der Waals surface area (Å²) < 4.78 is 65.1. The Bertz CT molecular complexity index is 951. The predicted molar refractivity (Wildman–Crippen MR) is 82.3 cm³/mol. The molecule has 2 N–H and O–H groups in total. The lowest BCUT2D eigenvalue weighted by Crippen LogP contribution is -2.14. The van der Waals surface area contributed by atoms with Gasteiger partial charge in [-0.2, -0.15) is 16.8 Å². The molecule has 0 amide bonds. The van der Waals surface area contributed by atoms with Gasteiger partial charge in [0.1, 0.15) is 9.79 Å². The fourth-order valence-electron chi connectivity index (χ4n) is 2.41. The van der Waals surface area contributed by atoms with E-state index in [4.69, 9.17) is 0 Å². The van der Waals surface area contributed by atoms with Gasteiger partial charge in [-0.15, -0.1) is 0 Å². The Hall–Kier alpha value is -1.48. The summed E-state index contributed by atoms with van der Waals surface area (Å²) in [6.45, 7) is 5.49. The van der Waals surface area contributed by atoms with Gasteiger partial charge in [-0.05, 0) is 23.1 Å². The van der Waals surface area contributed by atoms with Crippen LogP contribution in [0.25, 0.3) is 10.8 Å². The lowest BCUT2D eigenvalue weighted by molar-refractivity contribution is 0.480. The molecule has 22 heavy (non-hydrogen) atoms. The Labute approximate surface area is 129 Å². The fraction of sp³-hybridized carbons (Fsp3) is 0.286. The zero-order valence-corrected chi connectivity index (χ0v) is 13.9. The van der Waals surface area contributed by atoms with Gasteiger partial charge in [0.05, 0.1) is 0 Å². The SMILES string of the molecule is CC(C)(C)c1ccc(S(=O)(=O)O)c2cccc(S(=O)(=O)O)c12. The van der Waals surface area contributed by atoms with E-state index in [-0.39, 0.29) is 15.7 Å². The molecule has 0 saturated heterocycles. The highest BCUT2D eigenvalue weighted by Crippen LogP contribution is 2.37. The Morgan fingerprint density at radius 3 is 1.82 bits per heavy atom. The van der Waals surface area contributed by atoms with Crippen molar-refractivity contribution < 1.29 is 25.9 Å². The lowest BCUT2D eigenvalue weighted by Gasteiger charge is -2.23. The van der Waals surface area contributed by atoms with E-state index in [1.54, 1.807) is 0 Å². The average Bonchev–Trinajstić information content (AvgIpc) is 2.33. The van der Waals surface area contributed by atoms with Crippen molar-refractivity contribution in [2.45, 2.75) is 36.0 Å². The zero-order valence-electron chi connectivity index (χ0n) is 12.2. The first-order valence-corrected chi connectivity index (χ1v) is 9.22. The van der Waals surface area contributed by atoms with E-state index in [0.29, 0.717) is 5.56 Å². The van der Waals surface area contributed by atoms with E-state index in [2.05, 4.69) is 0 Å². The topological polar surface area (TPSA) is 109 Å². The average molecular weight is 344 g/mol. The minimum atomic E-state index is -4.55. The van der Waals surface area contributed by atoms with Gasteiger partial charge in [0, 0.05) is 10.8 Å². The smallest absolute Gasteiger partial charge is 0.282 e. The van der Waals surface area contributed by atoms with Gasteiger partial charge >= 0.3 is 0 Å². The number of hydrogen-bond acceptors (Lipinski definition) is 4. The van der Waals surface area contributed by atoms with Crippen LogP contribution in [0.1, 0.15) is 26.3 Å². The van der Waals surface area contributed by atoms with Crippen molar-refractivity contribution in [3.05, 3.63) is 35.9 Å². The molecule has 2 aromatic rings. The van der Waals surface area contributed by atoms with Crippen molar-refractivity contribution in [1.29, 1.82) is 0 Å². The summed E-state index contributed by atoms with van der Waals surface area (Å²) in [6, 6.07) is 6.57. The molecule has 0 aliphatic heterocycles. The Morgan fingerprint density at radius 1 is 0.818 bits per heavy atom. The van der Waals surface area contributed by atoms with Gasteiger partial charge in [-0.1, -0.05) is 39.0 Å². The second-order valence-electron chi connectivity index (χ2n) is 5.99. The molecular weight excluding hydrogens is 328 g/mol. The summed E-state index contributed by atoms with van der Waals surface area (Å²) in [5.74, 6) is 0. The van der Waals surface area contributed by atoms with Crippen LogP contribution in [0.3, 0.4) is 0 Å². The molecule has 0 spiro atoms. The second-order valence-corrected chi connectivity index (χ2v) is 8.77. The van der Waals surface area contributed by atoms with Crippen LogP contribution in [0.15, 0.2) is 40.1 Å². The second kappa shape index (κ2) is 5.02. The summed E-state index contributed by atoms with van der Waals surface area (Å²) in [4.78, 5) is -0.790. The molecule has 2 rings (SSSR count). The van der Waals surface area contributed by atoms with E-state index in [1.165, 1.54) is 30.3 Å². The van der Waals surface area contributed by atoms with E-state index >= 15 is 0 Å². The summed E-state index contributed by atoms with van der Waals surface area (Å²) in [5.41, 5.74) is 0.0414. The standard InChI is InChI=1S/C14H16O6S2/c1-14(2,3)10-7-8-11(21(15,16)17)9-5-4-6-12(13(9)10)22(18,19)20/h4-8H,1-3H3,(H,15,16,17)(H,18,19,20). The number of rotatable bonds is 2. The van der Waals surface area contributed by atoms with Gasteiger partial charge < -0.3 is 0 Å². The molecule has 0 heterocycles. The highest BCUT2D eigenvalue weighted by molar-refractivity contribution is 7.86. The van der Waals surface area contributed by atoms with Crippen molar-refractivity contribution in [2.24, 2.45) is 0 Å². The third-order valence-corrected chi connectivity index (χ3v) is 5.13. The van der Waals surface area contributed by atoms with Crippen molar-refractivity contribution in [2.75, 3.05) is 0 Å². The van der Waals surface area contributed by atoms with Gasteiger partial charge in [0.15, 0.2) is 0 Å². The largest absolute Gasteiger partial charge is 0.295 e. The minimum Gasteiger partial charge on any atom is -0.282 e. The number of hydrogen-bond donors (Lipinski definition) is 2. The van der Waals surface area contributed by atoms with Crippen LogP contribution >= 0.6 is 0 Å². The van der Waals surface area contributed by atoms with Crippen molar-refractivity contribution in [3.63, 3.8) is 0 Å². The van der Waals surface area contributed by atoms with Crippen LogP contribution < -0.4 is 0 Å². The van der Waals surface area contributed by atoms with Crippen LogP contribution in [0.4, 0.5) is 0 Å². The Balaban J connectivity index is 3.16. The van der Waals surface area contributed by atoms with Gasteiger partial charge in [-0.25, -0.2) is 0 Å². The number of fused-ring (bicyclic) bond motifs is 1. The minimum absolute atomic E-state index is 0.0463. The molecule has 0 fully saturated rings. The quantitative estimate of drug-likeness (QED) is 0.811. The Kier molecular flexibility index (Phi) is 3.85. The number of benzene rings is 2. The van der Waals surface area contributed by atoms with E-state index in [9.17, 15) is 25.9 Å². The van der Waals surface area contributed by atoms with E-state index in [0.717, 1.165) is 0 Å². The summed E-state index contributed by atoms with van der Waals surface area (Å²) in [7, 11) is -9.08. The first-order valence-electron chi connectivity index (χ1n) is 6.34. The zero-order chi connectivity index (χ0) is 16.9. The lowest BCUT2D eigenvalue weighted by atomic mass is 9.84. The van der Waals surface area contributed by atoms with Gasteiger partial charge in [-0.3, -0.25) is 9.11 Å². The molecule has 0 bridgehead atoms. The maximum atomic E-state index is 11.6. The molecule has 6 nitrogen and oxygen atoms in total. The molecule has 120 valence electrons.